The summed E-state index contributed by atoms with van der Waals surface area (Å²) in [4.78, 5) is 39.7. The average molecular weight is 365 g/mol. The summed E-state index contributed by atoms with van der Waals surface area (Å²) in [5, 5.41) is 8.03. The van der Waals surface area contributed by atoms with E-state index in [1.165, 1.54) is 38.3 Å². The van der Waals surface area contributed by atoms with Gasteiger partial charge in [0.25, 0.3) is 5.91 Å². The molecular weight excluding hydrogens is 350 g/mol. The van der Waals surface area contributed by atoms with Crippen LogP contribution in [0.5, 0.6) is 0 Å². The zero-order chi connectivity index (χ0) is 18.7. The van der Waals surface area contributed by atoms with E-state index in [0.717, 1.165) is 4.90 Å². The maximum Gasteiger partial charge on any atom is 0.328 e. The maximum absolute atomic E-state index is 12.7. The molecule has 1 aromatic heterocycles. The number of carbonyl (C=O) groups excluding carboxylic acids is 2. The number of fused-ring (bicyclic) bond motifs is 1. The number of sulfone groups is 1. The summed E-state index contributed by atoms with van der Waals surface area (Å²) in [6, 6.07) is 1.37. The predicted octanol–water partition coefficient (Wildman–Crippen LogP) is -0.608. The van der Waals surface area contributed by atoms with Gasteiger partial charge in [-0.2, -0.15) is 0 Å². The quantitative estimate of drug-likeness (QED) is 0.536. The molecule has 0 aliphatic carbocycles. The number of carbonyl (C=O) groups is 3. The minimum Gasteiger partial charge on any atom is -0.480 e. The Morgan fingerprint density at radius 2 is 2.00 bits per heavy atom. The van der Waals surface area contributed by atoms with Gasteiger partial charge in [-0.05, 0) is 32.1 Å². The summed E-state index contributed by atoms with van der Waals surface area (Å²) in [5.41, 5.74) is 5.50. The van der Waals surface area contributed by atoms with Crippen molar-refractivity contribution in [2.75, 3.05) is 0 Å². The number of carboxylic acid groups (broad SMARTS) is 1. The van der Waals surface area contributed by atoms with E-state index in [-0.39, 0.29) is 16.8 Å². The molecule has 2 amide bonds. The molecule has 2 saturated heterocycles. The van der Waals surface area contributed by atoms with Crippen molar-refractivity contribution < 1.29 is 27.9 Å². The zero-order valence-electron chi connectivity index (χ0n) is 13.3. The van der Waals surface area contributed by atoms with Crippen molar-refractivity contribution in [3.8, 4) is 0 Å². The number of nitrogens with two attached hydrogens (primary N) is 1. The number of carboxylic acids is 1. The Balaban J connectivity index is 2.03. The standard InChI is InChI=1S/C15H15N3O6S/c1-15(2)10(14(21)22)18-12(20)9(13(18)25(15,23)24)5-8-4-3-7(6-17-8)11(16)19/h3-6,10,13H,1-2H3,(H2,16,19)(H,21,22)/b9-5-/t10-,13+/m0/s1. The highest BCUT2D eigenvalue weighted by atomic mass is 32.2. The number of rotatable bonds is 3. The minimum absolute atomic E-state index is 0.0452. The Morgan fingerprint density at radius 3 is 2.48 bits per heavy atom. The molecule has 132 valence electrons. The molecule has 0 bridgehead atoms. The lowest BCUT2D eigenvalue weighted by Crippen LogP contribution is -2.58. The fourth-order valence-electron chi connectivity index (χ4n) is 3.14. The van der Waals surface area contributed by atoms with Gasteiger partial charge < -0.3 is 15.7 Å². The van der Waals surface area contributed by atoms with Crippen LogP contribution < -0.4 is 5.73 Å². The number of β-lactam (4-membered cyclic amide) rings is 1. The molecule has 1 aromatic rings. The number of primary amides is 1. The van der Waals surface area contributed by atoms with Crippen LogP contribution in [-0.2, 0) is 19.4 Å². The van der Waals surface area contributed by atoms with E-state index in [9.17, 15) is 27.9 Å². The first kappa shape index (κ1) is 17.1. The van der Waals surface area contributed by atoms with Gasteiger partial charge in [-0.25, -0.2) is 13.2 Å². The van der Waals surface area contributed by atoms with E-state index in [4.69, 9.17) is 5.73 Å². The van der Waals surface area contributed by atoms with E-state index in [2.05, 4.69) is 4.98 Å². The van der Waals surface area contributed by atoms with E-state index in [1.54, 1.807) is 0 Å². The van der Waals surface area contributed by atoms with Crippen LogP contribution in [0, 0.1) is 0 Å². The van der Waals surface area contributed by atoms with Gasteiger partial charge in [-0.15, -0.1) is 0 Å². The first-order valence-electron chi connectivity index (χ1n) is 7.26. The van der Waals surface area contributed by atoms with Crippen LogP contribution in [-0.4, -0.2) is 57.4 Å². The monoisotopic (exact) mass is 365 g/mol. The van der Waals surface area contributed by atoms with Crippen LogP contribution >= 0.6 is 0 Å². The van der Waals surface area contributed by atoms with Crippen molar-refractivity contribution in [2.24, 2.45) is 5.73 Å². The molecule has 3 heterocycles. The number of aliphatic carboxylic acids is 1. The van der Waals surface area contributed by atoms with Crippen molar-refractivity contribution in [3.05, 3.63) is 35.2 Å². The lowest BCUT2D eigenvalue weighted by atomic mass is 9.95. The predicted molar refractivity (Wildman–Crippen MR) is 85.8 cm³/mol. The summed E-state index contributed by atoms with van der Waals surface area (Å²) >= 11 is 0. The first-order valence-corrected chi connectivity index (χ1v) is 8.81. The highest BCUT2D eigenvalue weighted by Crippen LogP contribution is 2.48. The van der Waals surface area contributed by atoms with Crippen LogP contribution in [0.25, 0.3) is 6.08 Å². The van der Waals surface area contributed by atoms with Crippen molar-refractivity contribution >= 4 is 33.7 Å². The third-order valence-corrected chi connectivity index (χ3v) is 7.33. The molecule has 9 nitrogen and oxygen atoms in total. The molecule has 0 aromatic carbocycles. The van der Waals surface area contributed by atoms with Crippen LogP contribution in [0.15, 0.2) is 23.9 Å². The Morgan fingerprint density at radius 1 is 1.36 bits per heavy atom. The second-order valence-corrected chi connectivity index (χ2v) is 8.98. The number of aromatic nitrogens is 1. The molecule has 0 spiro atoms. The number of amides is 2. The molecule has 2 atom stereocenters. The Kier molecular flexibility index (Phi) is 3.50. The molecule has 2 fully saturated rings. The lowest BCUT2D eigenvalue weighted by Gasteiger charge is -2.37. The maximum atomic E-state index is 12.7. The third-order valence-electron chi connectivity index (χ3n) is 4.57. The number of nitrogens with zero attached hydrogens (tertiary/aromatic N) is 2. The van der Waals surface area contributed by atoms with Crippen molar-refractivity contribution in [1.82, 2.24) is 9.88 Å². The SMILES string of the molecule is CC1(C)[C@H](C(=O)O)N2C(=O)/C(=C/c3ccc(C(N)=O)cn3)[C@H]2S1(=O)=O. The summed E-state index contributed by atoms with van der Waals surface area (Å²) < 4.78 is 23.8. The fraction of sp³-hybridized carbons (Fsp3) is 0.333. The molecule has 2 aliphatic rings. The largest absolute Gasteiger partial charge is 0.480 e. The molecule has 0 radical (unpaired) electrons. The zero-order valence-corrected chi connectivity index (χ0v) is 14.1. The van der Waals surface area contributed by atoms with Crippen LogP contribution in [0.1, 0.15) is 29.9 Å². The molecule has 0 saturated carbocycles. The van der Waals surface area contributed by atoms with Gasteiger partial charge in [-0.3, -0.25) is 14.6 Å². The van der Waals surface area contributed by atoms with Gasteiger partial charge in [0.15, 0.2) is 21.3 Å². The van der Waals surface area contributed by atoms with Gasteiger partial charge in [0, 0.05) is 6.20 Å². The minimum atomic E-state index is -3.93. The normalized spacial score (nSPS) is 27.7. The van der Waals surface area contributed by atoms with E-state index < -0.39 is 43.8 Å². The van der Waals surface area contributed by atoms with Gasteiger partial charge in [0.1, 0.15) is 4.75 Å². The average Bonchev–Trinajstić information content (AvgIpc) is 2.66. The molecule has 2 aliphatic heterocycles. The van der Waals surface area contributed by atoms with E-state index >= 15 is 0 Å². The summed E-state index contributed by atoms with van der Waals surface area (Å²) in [6.45, 7) is 2.59. The smallest absolute Gasteiger partial charge is 0.328 e. The van der Waals surface area contributed by atoms with E-state index in [1.807, 2.05) is 0 Å². The second kappa shape index (κ2) is 5.12. The van der Waals surface area contributed by atoms with E-state index in [0.29, 0.717) is 0 Å². The molecule has 25 heavy (non-hydrogen) atoms. The van der Waals surface area contributed by atoms with Crippen LogP contribution in [0.4, 0.5) is 0 Å². The van der Waals surface area contributed by atoms with Gasteiger partial charge in [0.05, 0.1) is 16.8 Å². The number of hydrogen-bond acceptors (Lipinski definition) is 6. The van der Waals surface area contributed by atoms with Crippen LogP contribution in [0.3, 0.4) is 0 Å². The molecule has 3 rings (SSSR count). The molecule has 3 N–H and O–H groups in total. The van der Waals surface area contributed by atoms with Gasteiger partial charge in [-0.1, -0.05) is 0 Å². The number of pyridine rings is 1. The first-order chi connectivity index (χ1) is 11.5. The van der Waals surface area contributed by atoms with Crippen molar-refractivity contribution in [2.45, 2.75) is 30.0 Å². The van der Waals surface area contributed by atoms with Crippen molar-refractivity contribution in [1.29, 1.82) is 0 Å². The van der Waals surface area contributed by atoms with Gasteiger partial charge >= 0.3 is 5.97 Å². The third kappa shape index (κ3) is 2.17. The lowest BCUT2D eigenvalue weighted by molar-refractivity contribution is -0.152. The van der Waals surface area contributed by atoms with Crippen LogP contribution in [0.2, 0.25) is 0 Å². The van der Waals surface area contributed by atoms with Crippen molar-refractivity contribution in [3.63, 3.8) is 0 Å². The van der Waals surface area contributed by atoms with Gasteiger partial charge in [0.2, 0.25) is 5.91 Å². The summed E-state index contributed by atoms with van der Waals surface area (Å²) in [7, 11) is -3.93. The fourth-order valence-corrected chi connectivity index (χ4v) is 5.26. The molecule has 0 unspecified atom stereocenters. The summed E-state index contributed by atoms with van der Waals surface area (Å²) in [6.07, 6.45) is 2.49. The number of hydrogen-bond donors (Lipinski definition) is 2. The highest BCUT2D eigenvalue weighted by molar-refractivity contribution is 7.94. The Bertz CT molecular complexity index is 933. The highest BCUT2D eigenvalue weighted by Gasteiger charge is 2.70. The Hall–Kier alpha value is -2.75. The Labute approximate surface area is 143 Å². The summed E-state index contributed by atoms with van der Waals surface area (Å²) in [5.74, 6) is -2.69. The molecule has 10 heteroatoms. The topological polar surface area (TPSA) is 148 Å². The second-order valence-electron chi connectivity index (χ2n) is 6.39. The molecular formula is C15H15N3O6S.